The molecule has 1 amide bonds. The van der Waals surface area contributed by atoms with E-state index in [-0.39, 0.29) is 12.3 Å². The summed E-state index contributed by atoms with van der Waals surface area (Å²) >= 11 is 1.53. The van der Waals surface area contributed by atoms with Crippen LogP contribution in [0.3, 0.4) is 0 Å². The van der Waals surface area contributed by atoms with Crippen LogP contribution >= 0.6 is 11.3 Å². The van der Waals surface area contributed by atoms with Crippen molar-refractivity contribution in [1.82, 2.24) is 14.9 Å². The number of anilines is 1. The summed E-state index contributed by atoms with van der Waals surface area (Å²) in [6, 6.07) is 12.3. The summed E-state index contributed by atoms with van der Waals surface area (Å²) in [6.07, 6.45) is 3.70. The molecule has 0 atom stereocenters. The molecule has 0 unspecified atom stereocenters. The molecule has 3 aromatic rings. The lowest BCUT2D eigenvalue weighted by atomic mass is 10.2. The number of aromatic nitrogens is 2. The lowest BCUT2D eigenvalue weighted by molar-refractivity contribution is -0.115. The number of ether oxygens (including phenoxy) is 1. The first kappa shape index (κ1) is 22.9. The summed E-state index contributed by atoms with van der Waals surface area (Å²) in [4.78, 5) is 23.5. The number of hydrogen-bond acceptors (Lipinski definition) is 6. The quantitative estimate of drug-likeness (QED) is 0.488. The smallest absolute Gasteiger partial charge is 0.230 e. The number of thiazole rings is 1. The molecule has 164 valence electrons. The molecule has 1 aromatic carbocycles. The van der Waals surface area contributed by atoms with Crippen LogP contribution in [-0.2, 0) is 11.2 Å². The summed E-state index contributed by atoms with van der Waals surface area (Å²) in [6.45, 7) is 10.2. The van der Waals surface area contributed by atoms with Gasteiger partial charge in [0.25, 0.3) is 0 Å². The maximum absolute atomic E-state index is 12.5. The van der Waals surface area contributed by atoms with E-state index in [0.717, 1.165) is 34.2 Å². The largest absolute Gasteiger partial charge is 0.492 e. The first-order chi connectivity index (χ1) is 14.9. The van der Waals surface area contributed by atoms with Gasteiger partial charge >= 0.3 is 0 Å². The Bertz CT molecular complexity index is 964. The lowest BCUT2D eigenvalue weighted by Crippen LogP contribution is -2.39. The predicted molar refractivity (Wildman–Crippen MR) is 127 cm³/mol. The molecule has 2 heterocycles. The van der Waals surface area contributed by atoms with Crippen LogP contribution in [0.1, 0.15) is 33.4 Å². The van der Waals surface area contributed by atoms with Gasteiger partial charge in [-0.2, -0.15) is 0 Å². The minimum Gasteiger partial charge on any atom is -0.492 e. The number of hydrogen-bond donors (Lipinski definition) is 1. The molecule has 0 aliphatic carbocycles. The van der Waals surface area contributed by atoms with Crippen LogP contribution < -0.4 is 10.1 Å². The number of rotatable bonds is 10. The Morgan fingerprint density at radius 3 is 2.58 bits per heavy atom. The summed E-state index contributed by atoms with van der Waals surface area (Å²) in [7, 11) is 0. The van der Waals surface area contributed by atoms with Crippen molar-refractivity contribution in [3.8, 4) is 16.3 Å². The highest BCUT2D eigenvalue weighted by molar-refractivity contribution is 7.13. The highest BCUT2D eigenvalue weighted by Crippen LogP contribution is 2.23. The fraction of sp³-hybridized carbons (Fsp3) is 0.375. The van der Waals surface area contributed by atoms with E-state index in [4.69, 9.17) is 4.74 Å². The van der Waals surface area contributed by atoms with Gasteiger partial charge in [-0.05, 0) is 52.0 Å². The Labute approximate surface area is 188 Å². The minimum atomic E-state index is -0.102. The molecule has 3 rings (SSSR count). The molecule has 0 aliphatic heterocycles. The number of benzene rings is 1. The van der Waals surface area contributed by atoms with E-state index in [9.17, 15) is 4.79 Å². The zero-order valence-corrected chi connectivity index (χ0v) is 19.4. The standard InChI is InChI=1S/C24H30N4O2S/c1-17(2)28(18(3)4)12-13-30-22-7-5-6-20(14-22)26-23(29)15-21-16-31-24(27-21)19-8-10-25-11-9-19/h5-11,14,16-18H,12-13,15H2,1-4H3,(H,26,29). The second-order valence-corrected chi connectivity index (χ2v) is 8.76. The molecule has 0 spiro atoms. The molecule has 0 saturated carbocycles. The molecule has 0 aliphatic rings. The first-order valence-electron chi connectivity index (χ1n) is 10.6. The van der Waals surface area contributed by atoms with Crippen molar-refractivity contribution < 1.29 is 9.53 Å². The molecular formula is C24H30N4O2S. The third-order valence-corrected chi connectivity index (χ3v) is 5.82. The van der Waals surface area contributed by atoms with Gasteiger partial charge in [0.2, 0.25) is 5.91 Å². The summed E-state index contributed by atoms with van der Waals surface area (Å²) < 4.78 is 5.92. The number of nitrogens with one attached hydrogen (secondary N) is 1. The van der Waals surface area contributed by atoms with E-state index in [0.29, 0.717) is 18.7 Å². The molecular weight excluding hydrogens is 408 g/mol. The summed E-state index contributed by atoms with van der Waals surface area (Å²) in [5.74, 6) is 0.647. The predicted octanol–water partition coefficient (Wildman–Crippen LogP) is 4.88. The fourth-order valence-corrected chi connectivity index (χ4v) is 4.26. The Morgan fingerprint density at radius 2 is 1.87 bits per heavy atom. The average Bonchev–Trinajstić information content (AvgIpc) is 3.20. The van der Waals surface area contributed by atoms with Crippen molar-refractivity contribution in [1.29, 1.82) is 0 Å². The van der Waals surface area contributed by atoms with Crippen LogP contribution in [0.5, 0.6) is 5.75 Å². The van der Waals surface area contributed by atoms with Gasteiger partial charge in [-0.15, -0.1) is 11.3 Å². The zero-order chi connectivity index (χ0) is 22.2. The highest BCUT2D eigenvalue weighted by Gasteiger charge is 2.13. The maximum atomic E-state index is 12.5. The topological polar surface area (TPSA) is 67.3 Å². The van der Waals surface area contributed by atoms with E-state index >= 15 is 0 Å². The Morgan fingerprint density at radius 1 is 1.13 bits per heavy atom. The SMILES string of the molecule is CC(C)N(CCOc1cccc(NC(=O)Cc2csc(-c3ccncc3)n2)c1)C(C)C. The van der Waals surface area contributed by atoms with Crippen molar-refractivity contribution in [3.63, 3.8) is 0 Å². The number of pyridine rings is 1. The minimum absolute atomic E-state index is 0.102. The Kier molecular flexibility index (Phi) is 8.14. The van der Waals surface area contributed by atoms with Crippen LogP contribution in [0.15, 0.2) is 54.2 Å². The zero-order valence-electron chi connectivity index (χ0n) is 18.5. The van der Waals surface area contributed by atoms with Crippen LogP contribution in [0.4, 0.5) is 5.69 Å². The molecule has 2 aromatic heterocycles. The van der Waals surface area contributed by atoms with Gasteiger partial charge in [-0.3, -0.25) is 14.7 Å². The van der Waals surface area contributed by atoms with Gasteiger partial charge in [0.15, 0.2) is 0 Å². The second-order valence-electron chi connectivity index (χ2n) is 7.91. The van der Waals surface area contributed by atoms with Crippen molar-refractivity contribution in [2.75, 3.05) is 18.5 Å². The van der Waals surface area contributed by atoms with Gasteiger partial charge in [-0.1, -0.05) is 6.07 Å². The average molecular weight is 439 g/mol. The molecule has 7 heteroatoms. The fourth-order valence-electron chi connectivity index (χ4n) is 3.43. The highest BCUT2D eigenvalue weighted by atomic mass is 32.1. The number of amides is 1. The molecule has 0 fully saturated rings. The van der Waals surface area contributed by atoms with Gasteiger partial charge in [0, 0.05) is 53.7 Å². The molecule has 0 radical (unpaired) electrons. The van der Waals surface area contributed by atoms with Gasteiger partial charge in [0.05, 0.1) is 12.1 Å². The number of carbonyl (C=O) groups is 1. The van der Waals surface area contributed by atoms with Crippen LogP contribution in [0, 0.1) is 0 Å². The monoisotopic (exact) mass is 438 g/mol. The maximum Gasteiger partial charge on any atom is 0.230 e. The van der Waals surface area contributed by atoms with Crippen molar-refractivity contribution >= 4 is 22.9 Å². The van der Waals surface area contributed by atoms with E-state index in [1.54, 1.807) is 12.4 Å². The Hall–Kier alpha value is -2.77. The first-order valence-corrected chi connectivity index (χ1v) is 11.4. The van der Waals surface area contributed by atoms with Gasteiger partial charge in [0.1, 0.15) is 17.4 Å². The van der Waals surface area contributed by atoms with E-state index < -0.39 is 0 Å². The van der Waals surface area contributed by atoms with Crippen molar-refractivity contribution in [2.24, 2.45) is 0 Å². The normalized spacial score (nSPS) is 11.3. The summed E-state index contributed by atoms with van der Waals surface area (Å²) in [5.41, 5.74) is 2.48. The van der Waals surface area contributed by atoms with E-state index in [2.05, 4.69) is 47.9 Å². The number of carbonyl (C=O) groups excluding carboxylic acids is 1. The third kappa shape index (κ3) is 6.87. The Balaban J connectivity index is 1.52. The van der Waals surface area contributed by atoms with Crippen LogP contribution in [0.25, 0.3) is 10.6 Å². The number of nitrogens with zero attached hydrogens (tertiary/aromatic N) is 3. The van der Waals surface area contributed by atoms with E-state index in [1.807, 2.05) is 41.8 Å². The third-order valence-electron chi connectivity index (χ3n) is 4.88. The van der Waals surface area contributed by atoms with Crippen LogP contribution in [0.2, 0.25) is 0 Å². The molecule has 6 nitrogen and oxygen atoms in total. The van der Waals surface area contributed by atoms with E-state index in [1.165, 1.54) is 11.3 Å². The second kappa shape index (κ2) is 11.0. The summed E-state index contributed by atoms with van der Waals surface area (Å²) in [5, 5.41) is 5.75. The molecule has 0 bridgehead atoms. The lowest BCUT2D eigenvalue weighted by Gasteiger charge is -2.30. The van der Waals surface area contributed by atoms with Crippen molar-refractivity contribution in [3.05, 3.63) is 59.9 Å². The van der Waals surface area contributed by atoms with Crippen molar-refractivity contribution in [2.45, 2.75) is 46.2 Å². The van der Waals surface area contributed by atoms with Gasteiger partial charge in [-0.25, -0.2) is 4.98 Å². The van der Waals surface area contributed by atoms with Gasteiger partial charge < -0.3 is 10.1 Å². The molecule has 1 N–H and O–H groups in total. The molecule has 0 saturated heterocycles. The molecule has 31 heavy (non-hydrogen) atoms. The van der Waals surface area contributed by atoms with Crippen LogP contribution in [-0.4, -0.2) is 46.0 Å².